The van der Waals surface area contributed by atoms with E-state index in [1.54, 1.807) is 19.1 Å². The number of methoxy groups -OCH3 is 2. The van der Waals surface area contributed by atoms with E-state index in [-0.39, 0.29) is 53.6 Å². The van der Waals surface area contributed by atoms with E-state index in [2.05, 4.69) is 0 Å². The standard InChI is InChI=1S/C30H27NO7S/c1-14-9-21(32)20-12-19-17(6-7-18-25(19)30(36)31(29(18)35)13-16-5-4-8-39-16)24(26(20)27(14)33)15-10-22(37-2)28(34)23(11-15)38-3/h4-6,8-11,18-19,24-25,34H,7,12-13H2,1-3H3/t18-,19+,24-,25-/m0/s1. The van der Waals surface area contributed by atoms with Crippen LogP contribution in [-0.2, 0) is 25.7 Å². The third-order valence-corrected chi connectivity index (χ3v) is 9.25. The van der Waals surface area contributed by atoms with E-state index in [0.29, 0.717) is 28.7 Å². The number of Topliss-reactive ketones (excluding diaryl/α,β-unsaturated/α-hetero) is 1. The highest BCUT2D eigenvalue weighted by Crippen LogP contribution is 2.56. The smallest absolute Gasteiger partial charge is 0.234 e. The van der Waals surface area contributed by atoms with Crippen molar-refractivity contribution in [3.8, 4) is 17.2 Å². The number of ether oxygens (including phenoxy) is 2. The molecule has 8 nitrogen and oxygen atoms in total. The lowest BCUT2D eigenvalue weighted by Gasteiger charge is -2.42. The normalized spacial score (nSPS) is 26.2. The first-order valence-corrected chi connectivity index (χ1v) is 13.7. The predicted octanol–water partition coefficient (Wildman–Crippen LogP) is 4.10. The van der Waals surface area contributed by atoms with Crippen LogP contribution in [-0.4, -0.2) is 47.6 Å². The van der Waals surface area contributed by atoms with Crippen LogP contribution >= 0.6 is 11.3 Å². The summed E-state index contributed by atoms with van der Waals surface area (Å²) in [5.74, 6) is -2.96. The Kier molecular flexibility index (Phi) is 6.06. The minimum Gasteiger partial charge on any atom is -0.502 e. The van der Waals surface area contributed by atoms with E-state index in [1.807, 2.05) is 23.6 Å². The number of phenolic OH excluding ortho intramolecular Hbond substituents is 1. The van der Waals surface area contributed by atoms with Crippen LogP contribution in [0, 0.1) is 17.8 Å². The number of nitrogens with zero attached hydrogens (tertiary/aromatic N) is 1. The lowest BCUT2D eigenvalue weighted by molar-refractivity contribution is -0.140. The number of hydrogen-bond acceptors (Lipinski definition) is 8. The van der Waals surface area contributed by atoms with Crippen molar-refractivity contribution in [2.24, 2.45) is 17.8 Å². The molecule has 4 atom stereocenters. The Morgan fingerprint density at radius 1 is 1.05 bits per heavy atom. The fourth-order valence-electron chi connectivity index (χ4n) is 6.60. The number of carbonyl (C=O) groups excluding carboxylic acids is 4. The summed E-state index contributed by atoms with van der Waals surface area (Å²) in [6.07, 6.45) is 3.91. The first-order chi connectivity index (χ1) is 18.7. The van der Waals surface area contributed by atoms with Crippen molar-refractivity contribution in [3.05, 3.63) is 74.5 Å². The molecule has 1 N–H and O–H groups in total. The van der Waals surface area contributed by atoms with Gasteiger partial charge in [-0.15, -0.1) is 11.3 Å². The fraction of sp³-hybridized carbons (Fsp3) is 0.333. The SMILES string of the molecule is COc1cc([C@H]2C3=CC[C@@H]4C(=O)N(Cc5cccs5)C(=O)[C@@H]4[C@@H]3CC3=C2C(=O)C(C)=CC3=O)cc(OC)c1O. The first kappa shape index (κ1) is 25.3. The quantitative estimate of drug-likeness (QED) is 0.342. The minimum absolute atomic E-state index is 0.166. The van der Waals surface area contributed by atoms with E-state index in [0.717, 1.165) is 10.5 Å². The Balaban J connectivity index is 1.49. The van der Waals surface area contributed by atoms with Crippen molar-refractivity contribution in [2.45, 2.75) is 32.2 Å². The van der Waals surface area contributed by atoms with Crippen molar-refractivity contribution < 1.29 is 33.8 Å². The molecule has 1 saturated heterocycles. The van der Waals surface area contributed by atoms with Crippen LogP contribution in [0.3, 0.4) is 0 Å². The molecule has 0 bridgehead atoms. The molecule has 4 aliphatic rings. The maximum Gasteiger partial charge on any atom is 0.234 e. The summed E-state index contributed by atoms with van der Waals surface area (Å²) < 4.78 is 10.8. The summed E-state index contributed by atoms with van der Waals surface area (Å²) in [7, 11) is 2.84. The molecule has 2 aromatic rings. The number of aromatic hydroxyl groups is 1. The van der Waals surface area contributed by atoms with E-state index < -0.39 is 23.7 Å². The van der Waals surface area contributed by atoms with Gasteiger partial charge >= 0.3 is 0 Å². The van der Waals surface area contributed by atoms with Gasteiger partial charge in [-0.25, -0.2) is 0 Å². The number of allylic oxidation sites excluding steroid dienone is 6. The number of likely N-dealkylation sites (tertiary alicyclic amines) is 1. The molecule has 2 amide bonds. The highest BCUT2D eigenvalue weighted by Gasteiger charge is 2.56. The molecular formula is C30H27NO7S. The second-order valence-electron chi connectivity index (χ2n) is 10.3. The Bertz CT molecular complexity index is 1510. The summed E-state index contributed by atoms with van der Waals surface area (Å²) in [4.78, 5) is 56.4. The highest BCUT2D eigenvalue weighted by atomic mass is 32.1. The number of ketones is 2. The Hall–Kier alpha value is -3.98. The van der Waals surface area contributed by atoms with E-state index in [4.69, 9.17) is 9.47 Å². The number of fused-ring (bicyclic) bond motifs is 3. The van der Waals surface area contributed by atoms with Crippen molar-refractivity contribution in [1.82, 2.24) is 4.90 Å². The Morgan fingerprint density at radius 3 is 2.41 bits per heavy atom. The summed E-state index contributed by atoms with van der Waals surface area (Å²) in [6.45, 7) is 1.85. The van der Waals surface area contributed by atoms with Crippen molar-refractivity contribution >= 4 is 34.7 Å². The maximum atomic E-state index is 13.8. The van der Waals surface area contributed by atoms with E-state index >= 15 is 0 Å². The molecule has 0 radical (unpaired) electrons. The second-order valence-corrected chi connectivity index (χ2v) is 11.4. The number of imide groups is 1. The van der Waals surface area contributed by atoms with Crippen molar-refractivity contribution in [3.63, 3.8) is 0 Å². The summed E-state index contributed by atoms with van der Waals surface area (Å²) in [6, 6.07) is 7.06. The molecule has 0 unspecified atom stereocenters. The van der Waals surface area contributed by atoms with Gasteiger partial charge in [0, 0.05) is 27.5 Å². The van der Waals surface area contributed by atoms with Crippen molar-refractivity contribution in [2.75, 3.05) is 14.2 Å². The molecule has 1 fully saturated rings. The molecule has 9 heteroatoms. The van der Waals surface area contributed by atoms with Crippen LogP contribution < -0.4 is 9.47 Å². The topological polar surface area (TPSA) is 110 Å². The van der Waals surface area contributed by atoms with E-state index in [9.17, 15) is 24.3 Å². The molecule has 39 heavy (non-hydrogen) atoms. The number of rotatable bonds is 5. The molecular weight excluding hydrogens is 518 g/mol. The third-order valence-electron chi connectivity index (χ3n) is 8.39. The van der Waals surface area contributed by atoms with Crippen molar-refractivity contribution in [1.29, 1.82) is 0 Å². The van der Waals surface area contributed by atoms with Crippen LogP contribution in [0.1, 0.15) is 36.1 Å². The average Bonchev–Trinajstić information content (AvgIpc) is 3.53. The number of hydrogen-bond donors (Lipinski definition) is 1. The van der Waals surface area contributed by atoms with Crippen LogP contribution in [0.2, 0.25) is 0 Å². The number of phenols is 1. The number of amides is 2. The number of benzene rings is 1. The van der Waals surface area contributed by atoms with Gasteiger partial charge in [0.05, 0.1) is 32.6 Å². The molecule has 3 aliphatic carbocycles. The minimum atomic E-state index is -0.655. The molecule has 1 aromatic heterocycles. The Labute approximate surface area is 229 Å². The second kappa shape index (κ2) is 9.34. The van der Waals surface area contributed by atoms with Crippen LogP contribution in [0.25, 0.3) is 0 Å². The lowest BCUT2D eigenvalue weighted by atomic mass is 9.59. The van der Waals surface area contributed by atoms with Gasteiger partial charge in [-0.3, -0.25) is 24.1 Å². The van der Waals surface area contributed by atoms with Gasteiger partial charge in [-0.05, 0) is 60.9 Å². The average molecular weight is 546 g/mol. The van der Waals surface area contributed by atoms with Crippen LogP contribution in [0.15, 0.2) is 64.1 Å². The number of thiophene rings is 1. The molecule has 1 aromatic carbocycles. The molecule has 0 spiro atoms. The predicted molar refractivity (Wildman–Crippen MR) is 142 cm³/mol. The molecule has 200 valence electrons. The Morgan fingerprint density at radius 2 is 1.77 bits per heavy atom. The molecule has 2 heterocycles. The maximum absolute atomic E-state index is 13.8. The highest BCUT2D eigenvalue weighted by molar-refractivity contribution is 7.09. The third kappa shape index (κ3) is 3.78. The zero-order valence-electron chi connectivity index (χ0n) is 21.7. The molecule has 6 rings (SSSR count). The largest absolute Gasteiger partial charge is 0.502 e. The van der Waals surface area contributed by atoms with Gasteiger partial charge in [-0.1, -0.05) is 17.7 Å². The van der Waals surface area contributed by atoms with Gasteiger partial charge < -0.3 is 14.6 Å². The summed E-state index contributed by atoms with van der Waals surface area (Å²) in [5, 5.41) is 12.5. The van der Waals surface area contributed by atoms with Gasteiger partial charge in [0.2, 0.25) is 17.6 Å². The molecule has 1 aliphatic heterocycles. The number of carbonyl (C=O) groups is 4. The zero-order valence-corrected chi connectivity index (χ0v) is 22.5. The van der Waals surface area contributed by atoms with Gasteiger partial charge in [0.15, 0.2) is 23.1 Å². The van der Waals surface area contributed by atoms with Crippen LogP contribution in [0.4, 0.5) is 0 Å². The van der Waals surface area contributed by atoms with E-state index in [1.165, 1.54) is 36.5 Å². The lowest BCUT2D eigenvalue weighted by Crippen LogP contribution is -2.39. The first-order valence-electron chi connectivity index (χ1n) is 12.8. The summed E-state index contributed by atoms with van der Waals surface area (Å²) in [5.41, 5.74) is 2.54. The summed E-state index contributed by atoms with van der Waals surface area (Å²) >= 11 is 1.49. The fourth-order valence-corrected chi connectivity index (χ4v) is 7.29. The molecule has 0 saturated carbocycles. The van der Waals surface area contributed by atoms with Gasteiger partial charge in [-0.2, -0.15) is 0 Å². The van der Waals surface area contributed by atoms with Crippen LogP contribution in [0.5, 0.6) is 17.2 Å². The monoisotopic (exact) mass is 545 g/mol. The zero-order chi connectivity index (χ0) is 27.6. The van der Waals surface area contributed by atoms with Gasteiger partial charge in [0.25, 0.3) is 0 Å². The van der Waals surface area contributed by atoms with Gasteiger partial charge in [0.1, 0.15) is 0 Å².